The molecule has 0 fully saturated rings. The fraction of sp³-hybridized carbons (Fsp3) is 0. The SMILES string of the molecule is c1ccc(-c2ccc(N(c3ccc(-c4ccccc4-n4c5ccccc5c5ccccc54)cc3)c3ccccc3-c3ccc4c(c3)oc3cc5ccccc5cc34)cc2)cc1. The van der Waals surface area contributed by atoms with E-state index in [2.05, 4.69) is 240 Å². The Morgan fingerprint density at radius 2 is 0.852 bits per heavy atom. The Morgan fingerprint density at radius 1 is 0.328 bits per heavy atom. The van der Waals surface area contributed by atoms with Crippen LogP contribution >= 0.6 is 0 Å². The zero-order valence-electron chi connectivity index (χ0n) is 33.2. The van der Waals surface area contributed by atoms with Gasteiger partial charge in [-0.3, -0.25) is 0 Å². The first-order valence-electron chi connectivity index (χ1n) is 20.8. The van der Waals surface area contributed by atoms with Gasteiger partial charge in [0.1, 0.15) is 11.2 Å². The van der Waals surface area contributed by atoms with E-state index in [1.165, 1.54) is 49.3 Å². The second-order valence-electron chi connectivity index (χ2n) is 15.7. The maximum absolute atomic E-state index is 6.57. The lowest BCUT2D eigenvalue weighted by atomic mass is 9.99. The van der Waals surface area contributed by atoms with E-state index >= 15 is 0 Å². The number of benzene rings is 10. The lowest BCUT2D eigenvalue weighted by Gasteiger charge is -2.28. The third-order valence-electron chi connectivity index (χ3n) is 12.2. The van der Waals surface area contributed by atoms with Gasteiger partial charge in [0.25, 0.3) is 0 Å². The van der Waals surface area contributed by atoms with Gasteiger partial charge in [-0.15, -0.1) is 0 Å². The highest BCUT2D eigenvalue weighted by Crippen LogP contribution is 2.44. The highest BCUT2D eigenvalue weighted by molar-refractivity contribution is 6.11. The van der Waals surface area contributed by atoms with E-state index in [1.54, 1.807) is 0 Å². The molecule has 0 aliphatic carbocycles. The lowest BCUT2D eigenvalue weighted by molar-refractivity contribution is 0.669. The lowest BCUT2D eigenvalue weighted by Crippen LogP contribution is -2.11. The number of hydrogen-bond donors (Lipinski definition) is 0. The Morgan fingerprint density at radius 3 is 1.57 bits per heavy atom. The summed E-state index contributed by atoms with van der Waals surface area (Å²) in [5, 5.41) is 7.14. The van der Waals surface area contributed by atoms with Crippen molar-refractivity contribution in [3.8, 4) is 39.1 Å². The van der Waals surface area contributed by atoms with Crippen LogP contribution in [0, 0.1) is 0 Å². The van der Waals surface area contributed by atoms with Gasteiger partial charge in [-0.2, -0.15) is 0 Å². The van der Waals surface area contributed by atoms with Crippen molar-refractivity contribution in [2.45, 2.75) is 0 Å². The van der Waals surface area contributed by atoms with Gasteiger partial charge in [0.2, 0.25) is 0 Å². The van der Waals surface area contributed by atoms with Gasteiger partial charge in [-0.1, -0.05) is 158 Å². The molecule has 10 aromatic carbocycles. The van der Waals surface area contributed by atoms with Crippen LogP contribution in [0.2, 0.25) is 0 Å². The van der Waals surface area contributed by atoms with Gasteiger partial charge >= 0.3 is 0 Å². The normalized spacial score (nSPS) is 11.6. The van der Waals surface area contributed by atoms with Gasteiger partial charge < -0.3 is 13.9 Å². The summed E-state index contributed by atoms with van der Waals surface area (Å²) in [6.45, 7) is 0. The molecular formula is C58H38N2O. The van der Waals surface area contributed by atoms with Gasteiger partial charge in [-0.25, -0.2) is 0 Å². The van der Waals surface area contributed by atoms with Crippen molar-refractivity contribution in [3.05, 3.63) is 231 Å². The predicted molar refractivity (Wildman–Crippen MR) is 257 cm³/mol. The van der Waals surface area contributed by atoms with Crippen molar-refractivity contribution in [2.75, 3.05) is 4.90 Å². The summed E-state index contributed by atoms with van der Waals surface area (Å²) < 4.78 is 8.98. The first kappa shape index (κ1) is 34.9. The van der Waals surface area contributed by atoms with Gasteiger partial charge in [-0.05, 0) is 106 Å². The van der Waals surface area contributed by atoms with Crippen LogP contribution in [0.15, 0.2) is 235 Å². The maximum Gasteiger partial charge on any atom is 0.136 e. The van der Waals surface area contributed by atoms with Crippen LogP contribution in [0.3, 0.4) is 0 Å². The summed E-state index contributed by atoms with van der Waals surface area (Å²) in [4.78, 5) is 2.38. The molecule has 2 heterocycles. The third kappa shape index (κ3) is 5.90. The summed E-state index contributed by atoms with van der Waals surface area (Å²) in [5.74, 6) is 0. The number of rotatable bonds is 7. The Bertz CT molecular complexity index is 3520. The van der Waals surface area contributed by atoms with Crippen LogP contribution in [0.5, 0.6) is 0 Å². The molecule has 0 aliphatic rings. The van der Waals surface area contributed by atoms with E-state index in [4.69, 9.17) is 4.42 Å². The second kappa shape index (κ2) is 14.3. The largest absolute Gasteiger partial charge is 0.456 e. The topological polar surface area (TPSA) is 21.3 Å². The van der Waals surface area contributed by atoms with Crippen molar-refractivity contribution >= 4 is 71.6 Å². The van der Waals surface area contributed by atoms with Gasteiger partial charge in [0.15, 0.2) is 0 Å². The van der Waals surface area contributed by atoms with E-state index < -0.39 is 0 Å². The maximum atomic E-state index is 6.57. The van der Waals surface area contributed by atoms with Crippen molar-refractivity contribution in [3.63, 3.8) is 0 Å². The number of nitrogens with zero attached hydrogens (tertiary/aromatic N) is 2. The first-order chi connectivity index (χ1) is 30.2. The molecule has 0 aliphatic heterocycles. The monoisotopic (exact) mass is 778 g/mol. The summed E-state index contributed by atoms with van der Waals surface area (Å²) in [5.41, 5.74) is 15.4. The third-order valence-corrected chi connectivity index (χ3v) is 12.2. The molecule has 2 aromatic heterocycles. The fourth-order valence-corrected chi connectivity index (χ4v) is 9.29. The summed E-state index contributed by atoms with van der Waals surface area (Å²) in [7, 11) is 0. The molecule has 0 amide bonds. The van der Waals surface area contributed by atoms with Crippen LogP contribution < -0.4 is 4.90 Å². The van der Waals surface area contributed by atoms with Crippen molar-refractivity contribution in [1.29, 1.82) is 0 Å². The number of anilines is 3. The molecule has 0 radical (unpaired) electrons. The molecule has 0 bridgehead atoms. The van der Waals surface area contributed by atoms with Gasteiger partial charge in [0.05, 0.1) is 22.4 Å². The number of hydrogen-bond acceptors (Lipinski definition) is 2. The standard InChI is InChI=1S/C58H38N2O/c1-2-14-39(15-3-1)40-26-31-45(32-27-40)59(53-22-10-7-19-48(53)44-30-35-51-52-36-42-16-4-5-17-43(42)37-58(52)61-57(51)38-44)46-33-28-41(29-34-46)47-18-6-11-23-54(47)60-55-24-12-8-20-49(55)50-21-9-13-25-56(50)60/h1-38H. The molecule has 0 unspecified atom stereocenters. The van der Waals surface area contributed by atoms with E-state index in [0.29, 0.717) is 0 Å². The predicted octanol–water partition coefficient (Wildman–Crippen LogP) is 16.3. The Hall–Kier alpha value is -8.14. The summed E-state index contributed by atoms with van der Waals surface area (Å²) >= 11 is 0. The van der Waals surface area contributed by atoms with E-state index in [1.807, 2.05) is 0 Å². The molecule has 0 N–H and O–H groups in total. The van der Waals surface area contributed by atoms with E-state index in [9.17, 15) is 0 Å². The summed E-state index contributed by atoms with van der Waals surface area (Å²) in [6.07, 6.45) is 0. The number of para-hydroxylation sites is 4. The Balaban J connectivity index is 0.990. The Labute approximate surface area is 353 Å². The minimum atomic E-state index is 0.877. The minimum absolute atomic E-state index is 0.877. The molecule has 3 heteroatoms. The van der Waals surface area contributed by atoms with Crippen LogP contribution in [-0.2, 0) is 0 Å². The van der Waals surface area contributed by atoms with E-state index in [0.717, 1.165) is 61.4 Å². The smallest absolute Gasteiger partial charge is 0.136 e. The highest BCUT2D eigenvalue weighted by Gasteiger charge is 2.20. The van der Waals surface area contributed by atoms with Crippen LogP contribution in [0.1, 0.15) is 0 Å². The molecule has 0 saturated carbocycles. The van der Waals surface area contributed by atoms with Crippen LogP contribution in [-0.4, -0.2) is 4.57 Å². The zero-order chi connectivity index (χ0) is 40.3. The molecule has 0 saturated heterocycles. The number of aromatic nitrogens is 1. The molecule has 286 valence electrons. The minimum Gasteiger partial charge on any atom is -0.456 e. The molecule has 0 spiro atoms. The average Bonchev–Trinajstić information content (AvgIpc) is 3.86. The van der Waals surface area contributed by atoms with Crippen LogP contribution in [0.25, 0.3) is 93.6 Å². The zero-order valence-corrected chi connectivity index (χ0v) is 33.2. The summed E-state index contributed by atoms with van der Waals surface area (Å²) in [6, 6.07) is 82.9. The van der Waals surface area contributed by atoms with Crippen LogP contribution in [0.4, 0.5) is 17.1 Å². The second-order valence-corrected chi connectivity index (χ2v) is 15.7. The van der Waals surface area contributed by atoms with Gasteiger partial charge in [0, 0.05) is 44.0 Å². The molecule has 12 aromatic rings. The molecule has 61 heavy (non-hydrogen) atoms. The average molecular weight is 779 g/mol. The van der Waals surface area contributed by atoms with Crippen molar-refractivity contribution < 1.29 is 4.42 Å². The molecule has 0 atom stereocenters. The highest BCUT2D eigenvalue weighted by atomic mass is 16.3. The fourth-order valence-electron chi connectivity index (χ4n) is 9.29. The Kier molecular flexibility index (Phi) is 8.17. The molecule has 12 rings (SSSR count). The number of fused-ring (bicyclic) bond motifs is 7. The van der Waals surface area contributed by atoms with Crippen molar-refractivity contribution in [2.24, 2.45) is 0 Å². The molecular weight excluding hydrogens is 741 g/mol. The van der Waals surface area contributed by atoms with E-state index in [-0.39, 0.29) is 0 Å². The first-order valence-corrected chi connectivity index (χ1v) is 20.8. The number of furan rings is 1. The molecule has 3 nitrogen and oxygen atoms in total. The quantitative estimate of drug-likeness (QED) is 0.161. The van der Waals surface area contributed by atoms with Crippen molar-refractivity contribution in [1.82, 2.24) is 4.57 Å².